The Kier molecular flexibility index (Phi) is 7.55. The zero-order chi connectivity index (χ0) is 20.8. The van der Waals surface area contributed by atoms with Crippen LogP contribution in [0.2, 0.25) is 5.02 Å². The van der Waals surface area contributed by atoms with Gasteiger partial charge in [0.2, 0.25) is 5.91 Å². The number of halogens is 2. The summed E-state index contributed by atoms with van der Waals surface area (Å²) in [5, 5.41) is 6.84. The summed E-state index contributed by atoms with van der Waals surface area (Å²) in [6.07, 6.45) is 3.15. The van der Waals surface area contributed by atoms with Crippen molar-refractivity contribution in [1.29, 1.82) is 0 Å². The maximum atomic E-state index is 13.8. The molecule has 0 spiro atoms. The first kappa shape index (κ1) is 21.6. The molecular formula is C20H29ClFN5O2. The van der Waals surface area contributed by atoms with Crippen LogP contribution in [0, 0.1) is 5.82 Å². The third-order valence-corrected chi connectivity index (χ3v) is 5.50. The summed E-state index contributed by atoms with van der Waals surface area (Å²) in [6.45, 7) is 3.03. The summed E-state index contributed by atoms with van der Waals surface area (Å²) in [4.78, 5) is 20.0. The lowest BCUT2D eigenvalue weighted by molar-refractivity contribution is -0.127. The second kappa shape index (κ2) is 10.1. The number of benzene rings is 1. The summed E-state index contributed by atoms with van der Waals surface area (Å²) < 4.78 is 19.4. The molecule has 2 aliphatic heterocycles. The molecule has 0 aliphatic carbocycles. The van der Waals surface area contributed by atoms with Gasteiger partial charge in [-0.2, -0.15) is 0 Å². The second-order valence-electron chi connectivity index (χ2n) is 7.64. The monoisotopic (exact) mass is 425 g/mol. The van der Waals surface area contributed by atoms with Gasteiger partial charge in [0, 0.05) is 52.1 Å². The summed E-state index contributed by atoms with van der Waals surface area (Å²) in [7, 11) is 3.43. The van der Waals surface area contributed by atoms with Crippen LogP contribution in [0.25, 0.3) is 0 Å². The second-order valence-corrected chi connectivity index (χ2v) is 8.05. The summed E-state index contributed by atoms with van der Waals surface area (Å²) in [5.74, 6) is 0.126. The molecule has 3 rings (SSSR count). The topological polar surface area (TPSA) is 69.2 Å². The fraction of sp³-hybridized carbons (Fsp3) is 0.600. The maximum Gasteiger partial charge on any atom is 0.243 e. The Morgan fingerprint density at radius 3 is 2.93 bits per heavy atom. The van der Waals surface area contributed by atoms with Crippen LogP contribution >= 0.6 is 11.6 Å². The summed E-state index contributed by atoms with van der Waals surface area (Å²) in [5.41, 5.74) is 0.810. The van der Waals surface area contributed by atoms with Crippen molar-refractivity contribution in [3.05, 3.63) is 29.0 Å². The molecule has 2 aliphatic rings. The minimum Gasteiger partial charge on any atom is -0.376 e. The molecule has 2 fully saturated rings. The van der Waals surface area contributed by atoms with Gasteiger partial charge in [-0.1, -0.05) is 11.6 Å². The molecule has 1 aromatic rings. The highest BCUT2D eigenvalue weighted by molar-refractivity contribution is 6.30. The molecule has 7 nitrogen and oxygen atoms in total. The van der Waals surface area contributed by atoms with Crippen molar-refractivity contribution in [1.82, 2.24) is 15.5 Å². The van der Waals surface area contributed by atoms with E-state index in [9.17, 15) is 9.18 Å². The Hall–Kier alpha value is -2.06. The van der Waals surface area contributed by atoms with Gasteiger partial charge in [0.1, 0.15) is 12.4 Å². The zero-order valence-electron chi connectivity index (χ0n) is 17.0. The Bertz CT molecular complexity index is 740. The van der Waals surface area contributed by atoms with Crippen LogP contribution in [0.15, 0.2) is 23.2 Å². The number of anilines is 1. The first-order valence-corrected chi connectivity index (χ1v) is 10.4. The van der Waals surface area contributed by atoms with Gasteiger partial charge < -0.3 is 25.2 Å². The summed E-state index contributed by atoms with van der Waals surface area (Å²) in [6, 6.07) is 5.01. The number of aliphatic imine (C=N–C) groups is 1. The van der Waals surface area contributed by atoms with E-state index in [0.29, 0.717) is 19.0 Å². The van der Waals surface area contributed by atoms with Crippen molar-refractivity contribution in [2.45, 2.75) is 31.4 Å². The molecule has 0 radical (unpaired) electrons. The van der Waals surface area contributed by atoms with E-state index in [1.807, 2.05) is 6.07 Å². The minimum absolute atomic E-state index is 0.0621. The molecule has 0 aromatic heterocycles. The van der Waals surface area contributed by atoms with Crippen LogP contribution in [0.5, 0.6) is 0 Å². The highest BCUT2D eigenvalue weighted by Gasteiger charge is 2.25. The van der Waals surface area contributed by atoms with Crippen molar-refractivity contribution >= 4 is 29.2 Å². The van der Waals surface area contributed by atoms with E-state index < -0.39 is 5.82 Å². The van der Waals surface area contributed by atoms with Gasteiger partial charge >= 0.3 is 0 Å². The smallest absolute Gasteiger partial charge is 0.243 e. The number of hydrogen-bond donors (Lipinski definition) is 2. The lowest BCUT2D eigenvalue weighted by Gasteiger charge is -2.21. The SMILES string of the molecule is CN(C)C(=O)CN=C(NCC1CCCO1)NC1CCN(c2ccc(Cl)c(F)c2)C1. The van der Waals surface area contributed by atoms with Gasteiger partial charge in [0.25, 0.3) is 0 Å². The number of carbonyl (C=O) groups is 1. The standard InChI is InChI=1S/C20H29ClFN5O2/c1-26(2)19(28)12-24-20(23-11-16-4-3-9-29-16)25-14-7-8-27(13-14)15-5-6-17(21)18(22)10-15/h5-6,10,14,16H,3-4,7-9,11-13H2,1-2H3,(H2,23,24,25). The van der Waals surface area contributed by atoms with Gasteiger partial charge in [-0.15, -0.1) is 0 Å². The molecule has 29 heavy (non-hydrogen) atoms. The molecule has 2 saturated heterocycles. The molecule has 2 unspecified atom stereocenters. The molecule has 9 heteroatoms. The van der Waals surface area contributed by atoms with Crippen LogP contribution in [0.3, 0.4) is 0 Å². The van der Waals surface area contributed by atoms with Gasteiger partial charge in [-0.25, -0.2) is 9.38 Å². The molecular weight excluding hydrogens is 397 g/mol. The quantitative estimate of drug-likeness (QED) is 0.538. The highest BCUT2D eigenvalue weighted by atomic mass is 35.5. The Morgan fingerprint density at radius 1 is 1.41 bits per heavy atom. The minimum atomic E-state index is -0.414. The number of nitrogens with zero attached hydrogens (tertiary/aromatic N) is 3. The molecule has 2 N–H and O–H groups in total. The van der Waals surface area contributed by atoms with E-state index in [1.165, 1.54) is 11.0 Å². The molecule has 1 aromatic carbocycles. The number of amides is 1. The number of hydrogen-bond acceptors (Lipinski definition) is 4. The van der Waals surface area contributed by atoms with E-state index in [0.717, 1.165) is 38.1 Å². The molecule has 2 heterocycles. The Labute approximate surface area is 176 Å². The number of nitrogens with one attached hydrogen (secondary N) is 2. The van der Waals surface area contributed by atoms with E-state index in [1.54, 1.807) is 20.2 Å². The third-order valence-electron chi connectivity index (χ3n) is 5.19. The number of carbonyl (C=O) groups excluding carboxylic acids is 1. The van der Waals surface area contributed by atoms with Crippen LogP contribution < -0.4 is 15.5 Å². The lowest BCUT2D eigenvalue weighted by Crippen LogP contribution is -2.47. The average Bonchev–Trinajstić information content (AvgIpc) is 3.37. The largest absolute Gasteiger partial charge is 0.376 e. The first-order chi connectivity index (χ1) is 13.9. The van der Waals surface area contributed by atoms with Crippen molar-refractivity contribution in [3.8, 4) is 0 Å². The molecule has 1 amide bonds. The van der Waals surface area contributed by atoms with Crippen LogP contribution in [0.1, 0.15) is 19.3 Å². The molecule has 2 atom stereocenters. The van der Waals surface area contributed by atoms with Crippen molar-refractivity contribution < 1.29 is 13.9 Å². The van der Waals surface area contributed by atoms with Crippen LogP contribution in [-0.4, -0.2) is 75.8 Å². The van der Waals surface area contributed by atoms with Crippen molar-refractivity contribution in [2.75, 3.05) is 51.8 Å². The normalized spacial score (nSPS) is 22.1. The third kappa shape index (κ3) is 6.21. The van der Waals surface area contributed by atoms with Crippen molar-refractivity contribution in [2.24, 2.45) is 4.99 Å². The number of likely N-dealkylation sites (N-methyl/N-ethyl adjacent to an activating group) is 1. The summed E-state index contributed by atoms with van der Waals surface area (Å²) >= 11 is 5.78. The van der Waals surface area contributed by atoms with E-state index in [4.69, 9.17) is 16.3 Å². The highest BCUT2D eigenvalue weighted by Crippen LogP contribution is 2.25. The predicted octanol–water partition coefficient (Wildman–Crippen LogP) is 1.86. The molecule has 160 valence electrons. The van der Waals surface area contributed by atoms with E-state index >= 15 is 0 Å². The lowest BCUT2D eigenvalue weighted by atomic mass is 10.2. The van der Waals surface area contributed by atoms with Gasteiger partial charge in [0.15, 0.2) is 5.96 Å². The van der Waals surface area contributed by atoms with Gasteiger partial charge in [-0.05, 0) is 37.5 Å². The average molecular weight is 426 g/mol. The number of rotatable bonds is 6. The fourth-order valence-corrected chi connectivity index (χ4v) is 3.56. The van der Waals surface area contributed by atoms with E-state index in [-0.39, 0.29) is 29.6 Å². The number of ether oxygens (including phenoxy) is 1. The maximum absolute atomic E-state index is 13.8. The van der Waals surface area contributed by atoms with Gasteiger partial charge in [0.05, 0.1) is 11.1 Å². The molecule has 0 bridgehead atoms. The van der Waals surface area contributed by atoms with Crippen LogP contribution in [-0.2, 0) is 9.53 Å². The van der Waals surface area contributed by atoms with Crippen LogP contribution in [0.4, 0.5) is 10.1 Å². The van der Waals surface area contributed by atoms with Gasteiger partial charge in [-0.3, -0.25) is 4.79 Å². The number of guanidine groups is 1. The zero-order valence-corrected chi connectivity index (χ0v) is 17.7. The first-order valence-electron chi connectivity index (χ1n) is 9.99. The predicted molar refractivity (Wildman–Crippen MR) is 113 cm³/mol. The van der Waals surface area contributed by atoms with Crippen molar-refractivity contribution in [3.63, 3.8) is 0 Å². The Balaban J connectivity index is 1.59. The van der Waals surface area contributed by atoms with E-state index in [2.05, 4.69) is 20.5 Å². The Morgan fingerprint density at radius 2 is 2.24 bits per heavy atom. The molecule has 0 saturated carbocycles. The fourth-order valence-electron chi connectivity index (χ4n) is 3.44.